The Kier molecular flexibility index (Phi) is 5.73. The van der Waals surface area contributed by atoms with Crippen LogP contribution in [0.1, 0.15) is 25.5 Å². The second-order valence-electron chi connectivity index (χ2n) is 5.67. The van der Waals surface area contributed by atoms with Crippen molar-refractivity contribution in [3.05, 3.63) is 35.9 Å². The lowest BCUT2D eigenvalue weighted by molar-refractivity contribution is -0.140. The van der Waals surface area contributed by atoms with Gasteiger partial charge in [0.1, 0.15) is 6.04 Å². The van der Waals surface area contributed by atoms with Crippen LogP contribution in [0.3, 0.4) is 0 Å². The maximum atomic E-state index is 11.4. The molecule has 1 aliphatic heterocycles. The van der Waals surface area contributed by atoms with Gasteiger partial charge in [0.15, 0.2) is 0 Å². The van der Waals surface area contributed by atoms with E-state index in [-0.39, 0.29) is 6.10 Å². The van der Waals surface area contributed by atoms with Crippen molar-refractivity contribution in [1.82, 2.24) is 10.2 Å². The minimum Gasteiger partial charge on any atom is -0.480 e. The number of benzene rings is 1. The molecule has 1 aromatic carbocycles. The summed E-state index contributed by atoms with van der Waals surface area (Å²) in [5.41, 5.74) is 0.765. The zero-order valence-electron chi connectivity index (χ0n) is 12.7. The first kappa shape index (κ1) is 15.9. The van der Waals surface area contributed by atoms with E-state index in [0.717, 1.165) is 18.7 Å². The zero-order chi connectivity index (χ0) is 15.2. The molecule has 2 rings (SSSR count). The lowest BCUT2D eigenvalue weighted by Crippen LogP contribution is -2.49. The molecule has 1 aromatic rings. The quantitative estimate of drug-likeness (QED) is 0.832. The van der Waals surface area contributed by atoms with E-state index in [1.807, 2.05) is 30.3 Å². The third kappa shape index (κ3) is 4.52. The molecule has 2 N–H and O–H groups in total. The summed E-state index contributed by atoms with van der Waals surface area (Å²) in [6.45, 7) is 7.35. The molecule has 1 heterocycles. The van der Waals surface area contributed by atoms with Crippen LogP contribution in [0.5, 0.6) is 0 Å². The molecule has 1 saturated heterocycles. The first-order valence-electron chi connectivity index (χ1n) is 7.44. The second-order valence-corrected chi connectivity index (χ2v) is 5.67. The number of rotatable bonds is 6. The second kappa shape index (κ2) is 7.54. The maximum absolute atomic E-state index is 11.4. The van der Waals surface area contributed by atoms with Crippen molar-refractivity contribution in [2.45, 2.75) is 32.0 Å². The molecule has 5 nitrogen and oxygen atoms in total. The van der Waals surface area contributed by atoms with Crippen LogP contribution in [0.2, 0.25) is 0 Å². The van der Waals surface area contributed by atoms with Gasteiger partial charge in [-0.2, -0.15) is 0 Å². The van der Waals surface area contributed by atoms with Gasteiger partial charge in [-0.1, -0.05) is 30.3 Å². The third-order valence-corrected chi connectivity index (χ3v) is 3.83. The molecule has 1 aliphatic rings. The van der Waals surface area contributed by atoms with Gasteiger partial charge in [0, 0.05) is 25.7 Å². The van der Waals surface area contributed by atoms with Crippen LogP contribution in [0.4, 0.5) is 0 Å². The Labute approximate surface area is 125 Å². The van der Waals surface area contributed by atoms with E-state index in [2.05, 4.69) is 24.1 Å². The predicted octanol–water partition coefficient (Wildman–Crippen LogP) is 1.51. The van der Waals surface area contributed by atoms with Crippen molar-refractivity contribution in [2.75, 3.05) is 26.2 Å². The fourth-order valence-electron chi connectivity index (χ4n) is 2.58. The molecule has 2 atom stereocenters. The molecule has 0 spiro atoms. The van der Waals surface area contributed by atoms with Crippen LogP contribution in [0.25, 0.3) is 0 Å². The lowest BCUT2D eigenvalue weighted by Gasteiger charge is -2.36. The summed E-state index contributed by atoms with van der Waals surface area (Å²) in [4.78, 5) is 13.8. The van der Waals surface area contributed by atoms with Crippen molar-refractivity contribution >= 4 is 5.97 Å². The molecular formula is C16H24N2O3. The molecular weight excluding hydrogens is 268 g/mol. The van der Waals surface area contributed by atoms with Crippen LogP contribution in [0.15, 0.2) is 30.3 Å². The van der Waals surface area contributed by atoms with E-state index in [4.69, 9.17) is 4.74 Å². The summed E-state index contributed by atoms with van der Waals surface area (Å²) in [7, 11) is 0. The van der Waals surface area contributed by atoms with Crippen molar-refractivity contribution in [3.8, 4) is 0 Å². The van der Waals surface area contributed by atoms with Crippen LogP contribution in [-0.2, 0) is 9.53 Å². The molecule has 0 saturated carbocycles. The fraction of sp³-hybridized carbons (Fsp3) is 0.562. The van der Waals surface area contributed by atoms with Gasteiger partial charge in [-0.25, -0.2) is 0 Å². The van der Waals surface area contributed by atoms with Crippen molar-refractivity contribution in [3.63, 3.8) is 0 Å². The molecule has 2 unspecified atom stereocenters. The molecule has 0 aliphatic carbocycles. The van der Waals surface area contributed by atoms with E-state index < -0.39 is 12.0 Å². The Morgan fingerprint density at radius 2 is 2.14 bits per heavy atom. The molecule has 0 amide bonds. The summed E-state index contributed by atoms with van der Waals surface area (Å²) < 4.78 is 5.73. The van der Waals surface area contributed by atoms with E-state index in [9.17, 15) is 9.90 Å². The molecule has 1 fully saturated rings. The number of nitrogens with one attached hydrogen (secondary N) is 1. The van der Waals surface area contributed by atoms with Gasteiger partial charge in [0.05, 0.1) is 12.7 Å². The number of nitrogens with zero attached hydrogens (tertiary/aromatic N) is 1. The van der Waals surface area contributed by atoms with Gasteiger partial charge >= 0.3 is 5.97 Å². The number of morpholine rings is 1. The normalized spacial score (nSPS) is 21.4. The topological polar surface area (TPSA) is 61.8 Å². The monoisotopic (exact) mass is 292 g/mol. The number of hydrogen-bond acceptors (Lipinski definition) is 4. The summed E-state index contributed by atoms with van der Waals surface area (Å²) in [5.74, 6) is -0.863. The molecule has 0 radical (unpaired) electrons. The SMILES string of the molecule is CC(C)N1CCOC(CNC(C(=O)O)c2ccccc2)C1. The summed E-state index contributed by atoms with van der Waals surface area (Å²) in [5, 5.41) is 12.5. The highest BCUT2D eigenvalue weighted by molar-refractivity contribution is 5.75. The third-order valence-electron chi connectivity index (χ3n) is 3.83. The van der Waals surface area contributed by atoms with Crippen LogP contribution in [-0.4, -0.2) is 54.4 Å². The smallest absolute Gasteiger partial charge is 0.325 e. The van der Waals surface area contributed by atoms with Crippen LogP contribution >= 0.6 is 0 Å². The van der Waals surface area contributed by atoms with Crippen LogP contribution in [0, 0.1) is 0 Å². The van der Waals surface area contributed by atoms with Gasteiger partial charge in [-0.3, -0.25) is 15.0 Å². The van der Waals surface area contributed by atoms with Gasteiger partial charge in [-0.15, -0.1) is 0 Å². The Bertz CT molecular complexity index is 450. The Balaban J connectivity index is 1.92. The first-order chi connectivity index (χ1) is 10.1. The molecule has 21 heavy (non-hydrogen) atoms. The highest BCUT2D eigenvalue weighted by atomic mass is 16.5. The van der Waals surface area contributed by atoms with Gasteiger partial charge in [-0.05, 0) is 19.4 Å². The minimum atomic E-state index is -0.863. The van der Waals surface area contributed by atoms with Gasteiger partial charge in [0.2, 0.25) is 0 Å². The summed E-state index contributed by atoms with van der Waals surface area (Å²) in [6, 6.07) is 9.04. The molecule has 0 bridgehead atoms. The number of hydrogen-bond donors (Lipinski definition) is 2. The predicted molar refractivity (Wildman–Crippen MR) is 81.3 cm³/mol. The van der Waals surface area contributed by atoms with Gasteiger partial charge < -0.3 is 9.84 Å². The first-order valence-corrected chi connectivity index (χ1v) is 7.44. The molecule has 116 valence electrons. The standard InChI is InChI=1S/C16H24N2O3/c1-12(2)18-8-9-21-14(11-18)10-17-15(16(19)20)13-6-4-3-5-7-13/h3-7,12,14-15,17H,8-11H2,1-2H3,(H,19,20). The Hall–Kier alpha value is -1.43. The Morgan fingerprint density at radius 1 is 1.43 bits per heavy atom. The van der Waals surface area contributed by atoms with E-state index >= 15 is 0 Å². The largest absolute Gasteiger partial charge is 0.480 e. The van der Waals surface area contributed by atoms with Crippen molar-refractivity contribution in [1.29, 1.82) is 0 Å². The number of carboxylic acid groups (broad SMARTS) is 1. The fourth-order valence-corrected chi connectivity index (χ4v) is 2.58. The number of carbonyl (C=O) groups is 1. The summed E-state index contributed by atoms with van der Waals surface area (Å²) >= 11 is 0. The van der Waals surface area contributed by atoms with Crippen molar-refractivity contribution in [2.24, 2.45) is 0 Å². The molecule has 0 aromatic heterocycles. The van der Waals surface area contributed by atoms with E-state index in [1.54, 1.807) is 0 Å². The van der Waals surface area contributed by atoms with Gasteiger partial charge in [0.25, 0.3) is 0 Å². The Morgan fingerprint density at radius 3 is 2.76 bits per heavy atom. The number of aliphatic carboxylic acids is 1. The van der Waals surface area contributed by atoms with Crippen LogP contribution < -0.4 is 5.32 Å². The van der Waals surface area contributed by atoms with E-state index in [0.29, 0.717) is 19.2 Å². The maximum Gasteiger partial charge on any atom is 0.325 e. The highest BCUT2D eigenvalue weighted by Gasteiger charge is 2.25. The van der Waals surface area contributed by atoms with E-state index in [1.165, 1.54) is 0 Å². The zero-order valence-corrected chi connectivity index (χ0v) is 12.7. The summed E-state index contributed by atoms with van der Waals surface area (Å²) in [6.07, 6.45) is 0.0340. The number of carboxylic acids is 1. The highest BCUT2D eigenvalue weighted by Crippen LogP contribution is 2.14. The lowest BCUT2D eigenvalue weighted by atomic mass is 10.1. The average molecular weight is 292 g/mol. The van der Waals surface area contributed by atoms with Crippen molar-refractivity contribution < 1.29 is 14.6 Å². The molecule has 5 heteroatoms. The average Bonchev–Trinajstić information content (AvgIpc) is 2.48. The minimum absolute atomic E-state index is 0.0340. The number of ether oxygens (including phenoxy) is 1.